The lowest BCUT2D eigenvalue weighted by molar-refractivity contribution is -0.0982. The van der Waals surface area contributed by atoms with E-state index in [0.29, 0.717) is 5.56 Å². The second kappa shape index (κ2) is 2.83. The Labute approximate surface area is 77.7 Å². The molecule has 1 aliphatic carbocycles. The summed E-state index contributed by atoms with van der Waals surface area (Å²) in [6.45, 7) is 0. The van der Waals surface area contributed by atoms with Gasteiger partial charge in [-0.1, -0.05) is 0 Å². The quantitative estimate of drug-likeness (QED) is 0.691. The summed E-state index contributed by atoms with van der Waals surface area (Å²) < 4.78 is 28.6. The molecule has 2 rings (SSSR count). The fourth-order valence-electron chi connectivity index (χ4n) is 1.41. The normalized spacial score (nSPS) is 21.1. The lowest BCUT2D eigenvalue weighted by Crippen LogP contribution is -2.39. The van der Waals surface area contributed by atoms with E-state index in [1.807, 2.05) is 0 Å². The van der Waals surface area contributed by atoms with Crippen LogP contribution >= 0.6 is 11.5 Å². The monoisotopic (exact) mass is 203 g/mol. The van der Waals surface area contributed by atoms with Gasteiger partial charge in [-0.05, 0) is 11.5 Å². The van der Waals surface area contributed by atoms with Gasteiger partial charge in [0.05, 0.1) is 6.20 Å². The molecule has 0 spiro atoms. The van der Waals surface area contributed by atoms with E-state index in [4.69, 9.17) is 0 Å². The minimum Gasteiger partial charge on any atom is -0.294 e. The van der Waals surface area contributed by atoms with Gasteiger partial charge in [-0.15, -0.1) is 0 Å². The molecule has 0 aromatic carbocycles. The number of carbonyl (C=O) groups is 1. The van der Waals surface area contributed by atoms with Crippen molar-refractivity contribution in [2.24, 2.45) is 5.92 Å². The predicted molar refractivity (Wildman–Crippen MR) is 44.1 cm³/mol. The molecule has 1 saturated carbocycles. The molecule has 1 fully saturated rings. The molecule has 0 saturated heterocycles. The zero-order valence-corrected chi connectivity index (χ0v) is 7.48. The van der Waals surface area contributed by atoms with E-state index in [1.54, 1.807) is 5.38 Å². The van der Waals surface area contributed by atoms with E-state index >= 15 is 0 Å². The van der Waals surface area contributed by atoms with Crippen LogP contribution in [0.1, 0.15) is 23.2 Å². The van der Waals surface area contributed by atoms with Crippen molar-refractivity contribution in [1.82, 2.24) is 4.37 Å². The molecule has 0 aliphatic heterocycles. The first-order valence-electron chi connectivity index (χ1n) is 3.90. The lowest BCUT2D eigenvalue weighted by Gasteiger charge is -2.33. The highest BCUT2D eigenvalue weighted by Gasteiger charge is 2.48. The first kappa shape index (κ1) is 8.74. The molecule has 0 radical (unpaired) electrons. The highest BCUT2D eigenvalue weighted by molar-refractivity contribution is 7.03. The maximum absolute atomic E-state index is 12.4. The van der Waals surface area contributed by atoms with Crippen LogP contribution in [0.5, 0.6) is 0 Å². The maximum atomic E-state index is 12.4. The number of rotatable bonds is 2. The van der Waals surface area contributed by atoms with Gasteiger partial charge in [0, 0.05) is 29.7 Å². The maximum Gasteiger partial charge on any atom is 0.249 e. The van der Waals surface area contributed by atoms with Crippen molar-refractivity contribution in [2.45, 2.75) is 18.8 Å². The lowest BCUT2D eigenvalue weighted by atomic mass is 9.77. The topological polar surface area (TPSA) is 30.0 Å². The number of carbonyl (C=O) groups excluding carboxylic acids is 1. The number of hydrogen-bond donors (Lipinski definition) is 0. The van der Waals surface area contributed by atoms with E-state index in [0.717, 1.165) is 11.5 Å². The zero-order chi connectivity index (χ0) is 9.47. The molecule has 0 atom stereocenters. The van der Waals surface area contributed by atoms with E-state index < -0.39 is 11.8 Å². The van der Waals surface area contributed by atoms with Gasteiger partial charge in [-0.3, -0.25) is 4.79 Å². The van der Waals surface area contributed by atoms with Crippen molar-refractivity contribution < 1.29 is 13.6 Å². The number of hydrogen-bond acceptors (Lipinski definition) is 3. The van der Waals surface area contributed by atoms with Crippen molar-refractivity contribution in [3.8, 4) is 0 Å². The Morgan fingerprint density at radius 3 is 2.77 bits per heavy atom. The summed E-state index contributed by atoms with van der Waals surface area (Å²) >= 11 is 1.16. The predicted octanol–water partition coefficient (Wildman–Crippen LogP) is 2.37. The summed E-state index contributed by atoms with van der Waals surface area (Å²) in [5, 5.41) is 1.60. The summed E-state index contributed by atoms with van der Waals surface area (Å²) in [6.07, 6.45) is 0.826. The summed E-state index contributed by atoms with van der Waals surface area (Å²) in [6, 6.07) is 0. The van der Waals surface area contributed by atoms with Gasteiger partial charge in [-0.2, -0.15) is 0 Å². The van der Waals surface area contributed by atoms with Crippen molar-refractivity contribution in [3.05, 3.63) is 17.1 Å². The largest absolute Gasteiger partial charge is 0.294 e. The Morgan fingerprint density at radius 2 is 2.31 bits per heavy atom. The van der Waals surface area contributed by atoms with Crippen LogP contribution in [0.15, 0.2) is 11.6 Å². The average Bonchev–Trinajstić information content (AvgIpc) is 2.50. The molecule has 0 unspecified atom stereocenters. The summed E-state index contributed by atoms with van der Waals surface area (Å²) in [7, 11) is 0. The van der Waals surface area contributed by atoms with Gasteiger partial charge in [0.2, 0.25) is 5.92 Å². The molecule has 70 valence electrons. The second-order valence-electron chi connectivity index (χ2n) is 3.24. The first-order valence-corrected chi connectivity index (χ1v) is 4.73. The van der Waals surface area contributed by atoms with Gasteiger partial charge in [-0.25, -0.2) is 13.2 Å². The number of Topliss-reactive ketones (excluding diaryl/α,β-unsaturated/α-hetero) is 1. The number of aromatic nitrogens is 1. The van der Waals surface area contributed by atoms with E-state index in [-0.39, 0.29) is 18.6 Å². The van der Waals surface area contributed by atoms with Crippen molar-refractivity contribution in [1.29, 1.82) is 0 Å². The van der Waals surface area contributed by atoms with Crippen LogP contribution in [0.4, 0.5) is 8.78 Å². The Kier molecular flexibility index (Phi) is 1.91. The Hall–Kier alpha value is -0.840. The number of halogens is 2. The third-order valence-corrected chi connectivity index (χ3v) is 2.76. The van der Waals surface area contributed by atoms with Crippen LogP contribution in [0, 0.1) is 5.92 Å². The van der Waals surface area contributed by atoms with E-state index in [9.17, 15) is 13.6 Å². The number of ketones is 1. The highest BCUT2D eigenvalue weighted by Crippen LogP contribution is 2.43. The molecular formula is C8H7F2NOS. The summed E-state index contributed by atoms with van der Waals surface area (Å²) in [5.41, 5.74) is 0.463. The molecule has 13 heavy (non-hydrogen) atoms. The van der Waals surface area contributed by atoms with Crippen LogP contribution in [0.2, 0.25) is 0 Å². The smallest absolute Gasteiger partial charge is 0.249 e. The average molecular weight is 203 g/mol. The number of alkyl halides is 2. The van der Waals surface area contributed by atoms with Crippen molar-refractivity contribution in [2.75, 3.05) is 0 Å². The SMILES string of the molecule is O=C(c1cnsc1)C1CC(F)(F)C1. The van der Waals surface area contributed by atoms with Crippen LogP contribution in [0.3, 0.4) is 0 Å². The third kappa shape index (κ3) is 1.60. The van der Waals surface area contributed by atoms with Gasteiger partial charge < -0.3 is 0 Å². The molecule has 2 nitrogen and oxygen atoms in total. The second-order valence-corrected chi connectivity index (χ2v) is 3.90. The molecule has 1 aromatic heterocycles. The fourth-order valence-corrected chi connectivity index (χ4v) is 1.93. The minimum absolute atomic E-state index is 0.195. The minimum atomic E-state index is -2.62. The molecule has 1 aromatic rings. The fraction of sp³-hybridized carbons (Fsp3) is 0.500. The van der Waals surface area contributed by atoms with Crippen LogP contribution in [0.25, 0.3) is 0 Å². The Bertz CT molecular complexity index is 315. The molecule has 0 amide bonds. The number of nitrogens with zero attached hydrogens (tertiary/aromatic N) is 1. The van der Waals surface area contributed by atoms with Crippen molar-refractivity contribution in [3.63, 3.8) is 0 Å². The van der Waals surface area contributed by atoms with Crippen LogP contribution < -0.4 is 0 Å². The third-order valence-electron chi connectivity index (χ3n) is 2.18. The molecule has 0 N–H and O–H groups in total. The Morgan fingerprint density at radius 1 is 1.62 bits per heavy atom. The van der Waals surface area contributed by atoms with E-state index in [2.05, 4.69) is 4.37 Å². The molecule has 1 heterocycles. The molecular weight excluding hydrogens is 196 g/mol. The summed E-state index contributed by atoms with van der Waals surface area (Å²) in [4.78, 5) is 11.4. The highest BCUT2D eigenvalue weighted by atomic mass is 32.1. The van der Waals surface area contributed by atoms with E-state index in [1.165, 1.54) is 6.20 Å². The van der Waals surface area contributed by atoms with Gasteiger partial charge in [0.25, 0.3) is 0 Å². The standard InChI is InChI=1S/C8H7F2NOS/c9-8(10)1-5(2-8)7(12)6-3-11-13-4-6/h3-5H,1-2H2. The van der Waals surface area contributed by atoms with Gasteiger partial charge >= 0.3 is 0 Å². The first-order chi connectivity index (χ1) is 6.08. The van der Waals surface area contributed by atoms with Gasteiger partial charge in [0.15, 0.2) is 5.78 Å². The molecule has 0 bridgehead atoms. The zero-order valence-electron chi connectivity index (χ0n) is 6.67. The van der Waals surface area contributed by atoms with Crippen LogP contribution in [-0.2, 0) is 0 Å². The Balaban J connectivity index is 2.02. The summed E-state index contributed by atoms with van der Waals surface area (Å²) in [5.74, 6) is -3.31. The van der Waals surface area contributed by atoms with Gasteiger partial charge in [0.1, 0.15) is 0 Å². The molecule has 1 aliphatic rings. The van der Waals surface area contributed by atoms with Crippen LogP contribution in [-0.4, -0.2) is 16.1 Å². The molecule has 5 heteroatoms. The van der Waals surface area contributed by atoms with Crippen molar-refractivity contribution >= 4 is 17.3 Å².